The van der Waals surface area contributed by atoms with Crippen molar-refractivity contribution in [1.29, 1.82) is 0 Å². The third-order valence-electron chi connectivity index (χ3n) is 2.75. The van der Waals surface area contributed by atoms with Crippen molar-refractivity contribution in [2.75, 3.05) is 5.32 Å². The standard InChI is InChI=1S/C15H12N2OS/c1-10(19)16-12-8-6-11(7-9-12)15-17-13-4-2-3-5-14(13)18-15/h2-9H,1H3,(H,16,19). The van der Waals surface area contributed by atoms with E-state index >= 15 is 0 Å². The minimum Gasteiger partial charge on any atom is -0.436 e. The molecule has 1 aromatic heterocycles. The molecular weight excluding hydrogens is 256 g/mol. The van der Waals surface area contributed by atoms with Gasteiger partial charge in [0, 0.05) is 11.3 Å². The van der Waals surface area contributed by atoms with Crippen LogP contribution in [0.4, 0.5) is 5.69 Å². The molecule has 19 heavy (non-hydrogen) atoms. The highest BCUT2D eigenvalue weighted by molar-refractivity contribution is 7.80. The summed E-state index contributed by atoms with van der Waals surface area (Å²) >= 11 is 5.01. The average Bonchev–Trinajstić information content (AvgIpc) is 2.82. The van der Waals surface area contributed by atoms with Gasteiger partial charge in [0.15, 0.2) is 5.58 Å². The number of fused-ring (bicyclic) bond motifs is 1. The summed E-state index contributed by atoms with van der Waals surface area (Å²) < 4.78 is 5.72. The molecule has 0 radical (unpaired) electrons. The first-order chi connectivity index (χ1) is 9.22. The highest BCUT2D eigenvalue weighted by Gasteiger charge is 2.07. The number of para-hydroxylation sites is 2. The molecule has 0 aliphatic carbocycles. The molecule has 3 nitrogen and oxygen atoms in total. The maximum Gasteiger partial charge on any atom is 0.227 e. The van der Waals surface area contributed by atoms with E-state index in [0.717, 1.165) is 27.3 Å². The number of oxazole rings is 1. The number of hydrogen-bond acceptors (Lipinski definition) is 3. The molecule has 0 saturated carbocycles. The maximum atomic E-state index is 5.72. The summed E-state index contributed by atoms with van der Waals surface area (Å²) in [5, 5.41) is 3.09. The number of anilines is 1. The maximum absolute atomic E-state index is 5.72. The fraction of sp³-hybridized carbons (Fsp3) is 0.0667. The van der Waals surface area contributed by atoms with Crippen LogP contribution in [0.3, 0.4) is 0 Å². The van der Waals surface area contributed by atoms with Gasteiger partial charge in [-0.25, -0.2) is 4.98 Å². The van der Waals surface area contributed by atoms with Crippen molar-refractivity contribution in [2.45, 2.75) is 6.92 Å². The molecule has 0 spiro atoms. The monoisotopic (exact) mass is 268 g/mol. The zero-order chi connectivity index (χ0) is 13.2. The number of thiocarbonyl (C=S) groups is 1. The van der Waals surface area contributed by atoms with Gasteiger partial charge in [-0.3, -0.25) is 0 Å². The molecule has 0 saturated heterocycles. The van der Waals surface area contributed by atoms with Crippen molar-refractivity contribution in [1.82, 2.24) is 4.98 Å². The van der Waals surface area contributed by atoms with Crippen LogP contribution in [0.5, 0.6) is 0 Å². The van der Waals surface area contributed by atoms with Crippen LogP contribution in [0.1, 0.15) is 6.92 Å². The molecule has 3 rings (SSSR count). The van der Waals surface area contributed by atoms with E-state index in [1.807, 2.05) is 55.5 Å². The molecule has 0 bridgehead atoms. The van der Waals surface area contributed by atoms with E-state index in [9.17, 15) is 0 Å². The van der Waals surface area contributed by atoms with Gasteiger partial charge >= 0.3 is 0 Å². The van der Waals surface area contributed by atoms with E-state index in [1.165, 1.54) is 0 Å². The summed E-state index contributed by atoms with van der Waals surface area (Å²) in [4.78, 5) is 5.21. The van der Waals surface area contributed by atoms with Gasteiger partial charge in [-0.1, -0.05) is 24.4 Å². The van der Waals surface area contributed by atoms with Crippen LogP contribution < -0.4 is 5.32 Å². The van der Waals surface area contributed by atoms with Crippen LogP contribution in [0.25, 0.3) is 22.6 Å². The second kappa shape index (κ2) is 4.82. The first kappa shape index (κ1) is 11.9. The molecule has 0 atom stereocenters. The Morgan fingerprint density at radius 1 is 1.11 bits per heavy atom. The number of rotatable bonds is 2. The summed E-state index contributed by atoms with van der Waals surface area (Å²) in [5.41, 5.74) is 3.58. The Morgan fingerprint density at radius 2 is 1.84 bits per heavy atom. The number of aromatic nitrogens is 1. The molecule has 1 heterocycles. The lowest BCUT2D eigenvalue weighted by Gasteiger charge is -2.03. The molecule has 2 aromatic carbocycles. The Balaban J connectivity index is 1.95. The van der Waals surface area contributed by atoms with Crippen LogP contribution in [-0.2, 0) is 0 Å². The lowest BCUT2D eigenvalue weighted by Crippen LogP contribution is -2.02. The second-order valence-corrected chi connectivity index (χ2v) is 4.86. The normalized spacial score (nSPS) is 10.6. The van der Waals surface area contributed by atoms with Gasteiger partial charge in [-0.05, 0) is 43.3 Å². The predicted octanol–water partition coefficient (Wildman–Crippen LogP) is 4.25. The van der Waals surface area contributed by atoms with Crippen LogP contribution >= 0.6 is 12.2 Å². The van der Waals surface area contributed by atoms with E-state index < -0.39 is 0 Å². The van der Waals surface area contributed by atoms with Crippen molar-refractivity contribution < 1.29 is 4.42 Å². The Kier molecular flexibility index (Phi) is 3.01. The van der Waals surface area contributed by atoms with Crippen LogP contribution in [-0.4, -0.2) is 9.97 Å². The highest BCUT2D eigenvalue weighted by atomic mass is 32.1. The molecule has 0 amide bonds. The summed E-state index contributed by atoms with van der Waals surface area (Å²) in [7, 11) is 0. The fourth-order valence-corrected chi connectivity index (χ4v) is 2.01. The topological polar surface area (TPSA) is 38.1 Å². The van der Waals surface area contributed by atoms with Crippen LogP contribution in [0.15, 0.2) is 52.9 Å². The van der Waals surface area contributed by atoms with Gasteiger partial charge in [-0.2, -0.15) is 0 Å². The summed E-state index contributed by atoms with van der Waals surface area (Å²) in [5.74, 6) is 0.631. The van der Waals surface area contributed by atoms with Gasteiger partial charge in [0.1, 0.15) is 5.52 Å². The smallest absolute Gasteiger partial charge is 0.227 e. The molecule has 3 aromatic rings. The van der Waals surface area contributed by atoms with Gasteiger partial charge in [0.2, 0.25) is 5.89 Å². The second-order valence-electron chi connectivity index (χ2n) is 4.25. The van der Waals surface area contributed by atoms with Crippen LogP contribution in [0, 0.1) is 0 Å². The molecular formula is C15H12N2OS. The van der Waals surface area contributed by atoms with Crippen molar-refractivity contribution in [3.8, 4) is 11.5 Å². The van der Waals surface area contributed by atoms with E-state index in [0.29, 0.717) is 5.89 Å². The number of benzene rings is 2. The quantitative estimate of drug-likeness (QED) is 0.705. The molecule has 94 valence electrons. The van der Waals surface area contributed by atoms with Gasteiger partial charge in [-0.15, -0.1) is 0 Å². The fourth-order valence-electron chi connectivity index (χ4n) is 1.90. The molecule has 4 heteroatoms. The van der Waals surface area contributed by atoms with Crippen LogP contribution in [0.2, 0.25) is 0 Å². The zero-order valence-corrected chi connectivity index (χ0v) is 11.2. The third kappa shape index (κ3) is 2.48. The largest absolute Gasteiger partial charge is 0.436 e. The number of hydrogen-bond donors (Lipinski definition) is 1. The Hall–Kier alpha value is -2.20. The summed E-state index contributed by atoms with van der Waals surface area (Å²) in [6.45, 7) is 1.85. The predicted molar refractivity (Wildman–Crippen MR) is 81.3 cm³/mol. The van der Waals surface area contributed by atoms with Crippen molar-refractivity contribution in [3.63, 3.8) is 0 Å². The van der Waals surface area contributed by atoms with E-state index in [1.54, 1.807) is 0 Å². The van der Waals surface area contributed by atoms with Crippen molar-refractivity contribution in [3.05, 3.63) is 48.5 Å². The Labute approximate surface area is 116 Å². The third-order valence-corrected chi connectivity index (χ3v) is 2.85. The summed E-state index contributed by atoms with van der Waals surface area (Å²) in [6.07, 6.45) is 0. The minimum absolute atomic E-state index is 0.631. The van der Waals surface area contributed by atoms with E-state index in [-0.39, 0.29) is 0 Å². The van der Waals surface area contributed by atoms with E-state index in [4.69, 9.17) is 16.6 Å². The Bertz CT molecular complexity index is 698. The first-order valence-electron chi connectivity index (χ1n) is 5.96. The molecule has 0 fully saturated rings. The zero-order valence-electron chi connectivity index (χ0n) is 10.4. The van der Waals surface area contributed by atoms with Crippen molar-refractivity contribution in [2.24, 2.45) is 0 Å². The van der Waals surface area contributed by atoms with Gasteiger partial charge < -0.3 is 9.73 Å². The molecule has 0 aliphatic rings. The number of nitrogens with zero attached hydrogens (tertiary/aromatic N) is 1. The SMILES string of the molecule is CC(=S)Nc1ccc(-c2nc3ccccc3o2)cc1. The average molecular weight is 268 g/mol. The van der Waals surface area contributed by atoms with Gasteiger partial charge in [0.05, 0.1) is 4.99 Å². The number of nitrogens with one attached hydrogen (secondary N) is 1. The molecule has 1 N–H and O–H groups in total. The first-order valence-corrected chi connectivity index (χ1v) is 6.37. The van der Waals surface area contributed by atoms with E-state index in [2.05, 4.69) is 10.3 Å². The molecule has 0 unspecified atom stereocenters. The van der Waals surface area contributed by atoms with Crippen molar-refractivity contribution >= 4 is 34.0 Å². The molecule has 0 aliphatic heterocycles. The lowest BCUT2D eigenvalue weighted by molar-refractivity contribution is 0.620. The summed E-state index contributed by atoms with van der Waals surface area (Å²) in [6, 6.07) is 15.6. The Morgan fingerprint density at radius 3 is 2.53 bits per heavy atom. The minimum atomic E-state index is 0.631. The van der Waals surface area contributed by atoms with Gasteiger partial charge in [0.25, 0.3) is 0 Å². The highest BCUT2D eigenvalue weighted by Crippen LogP contribution is 2.25. The lowest BCUT2D eigenvalue weighted by atomic mass is 10.2.